The van der Waals surface area contributed by atoms with E-state index in [1.807, 2.05) is 0 Å². The third kappa shape index (κ3) is 4.09. The van der Waals surface area contributed by atoms with Gasteiger partial charge in [0, 0.05) is 36.1 Å². The van der Waals surface area contributed by atoms with Gasteiger partial charge in [-0.25, -0.2) is 0 Å². The van der Waals surface area contributed by atoms with Crippen LogP contribution in [0.25, 0.3) is 0 Å². The van der Waals surface area contributed by atoms with Crippen LogP contribution in [0.4, 0.5) is 5.69 Å². The predicted octanol–water partition coefficient (Wildman–Crippen LogP) is 2.98. The van der Waals surface area contributed by atoms with Crippen molar-refractivity contribution in [3.63, 3.8) is 0 Å². The number of rotatable bonds is 9. The van der Waals surface area contributed by atoms with Gasteiger partial charge in [0.15, 0.2) is 0 Å². The van der Waals surface area contributed by atoms with Gasteiger partial charge in [-0.15, -0.1) is 24.9 Å². The summed E-state index contributed by atoms with van der Waals surface area (Å²) < 4.78 is -0.719. The molecule has 0 aromatic heterocycles. The molecule has 0 saturated carbocycles. The lowest BCUT2D eigenvalue weighted by Crippen LogP contribution is -2.57. The number of benzene rings is 1. The van der Waals surface area contributed by atoms with Gasteiger partial charge < -0.3 is 19.8 Å². The van der Waals surface area contributed by atoms with Crippen molar-refractivity contribution >= 4 is 46.8 Å². The monoisotopic (exact) mass is 517 g/mol. The Kier molecular flexibility index (Phi) is 7.36. The van der Waals surface area contributed by atoms with Crippen LogP contribution in [0.1, 0.15) is 19.8 Å². The van der Waals surface area contributed by atoms with Gasteiger partial charge in [0.2, 0.25) is 11.8 Å². The van der Waals surface area contributed by atoms with E-state index in [9.17, 15) is 19.5 Å². The minimum absolute atomic E-state index is 0.0195. The molecule has 3 amide bonds. The molecule has 35 heavy (non-hydrogen) atoms. The summed E-state index contributed by atoms with van der Waals surface area (Å²) in [6.45, 7) is 9.66. The normalized spacial score (nSPS) is 29.6. The number of likely N-dealkylation sites (tertiary alicyclic amines) is 1. The Morgan fingerprint density at radius 2 is 1.91 bits per heavy atom. The highest BCUT2D eigenvalue weighted by molar-refractivity contribution is 8.02. The van der Waals surface area contributed by atoms with Crippen molar-refractivity contribution < 1.29 is 19.5 Å². The van der Waals surface area contributed by atoms with E-state index in [0.29, 0.717) is 23.7 Å². The van der Waals surface area contributed by atoms with Crippen molar-refractivity contribution in [2.24, 2.45) is 11.8 Å². The molecule has 2 bridgehead atoms. The number of halogens is 1. The van der Waals surface area contributed by atoms with Crippen LogP contribution >= 0.6 is 23.4 Å². The third-order valence-corrected chi connectivity index (χ3v) is 9.70. The van der Waals surface area contributed by atoms with Crippen molar-refractivity contribution in [2.45, 2.75) is 41.8 Å². The fraction of sp³-hybridized carbons (Fsp3) is 0.500. The van der Waals surface area contributed by atoms with Crippen molar-refractivity contribution in [1.82, 2.24) is 9.80 Å². The molecule has 9 heteroatoms. The van der Waals surface area contributed by atoms with E-state index in [1.54, 1.807) is 76.9 Å². The summed E-state index contributed by atoms with van der Waals surface area (Å²) in [5.41, 5.74) is 0.652. The standard InChI is InChI=1S/C26H32ClN3O4S/c1-5-13-28(4)23(32)20-19-11-12-26(35-19)21(20)24(33)30(16(3)15-31)22(26)25(34)29(14-6-2)18-9-7-17(27)8-10-18/h5-10,16,19-22,31H,1-2,11-15H2,3-4H3/t16-,19+,20-,21+,22?,26?/m1/s1. The molecular weight excluding hydrogens is 486 g/mol. The maximum Gasteiger partial charge on any atom is 0.251 e. The molecule has 188 valence electrons. The lowest BCUT2D eigenvalue weighted by atomic mass is 9.70. The molecule has 4 rings (SSSR count). The Labute approximate surface area is 215 Å². The maximum atomic E-state index is 14.3. The number of anilines is 1. The zero-order valence-electron chi connectivity index (χ0n) is 20.1. The highest BCUT2D eigenvalue weighted by atomic mass is 35.5. The number of thioether (sulfide) groups is 1. The van der Waals surface area contributed by atoms with E-state index >= 15 is 0 Å². The van der Waals surface area contributed by atoms with E-state index in [1.165, 1.54) is 0 Å². The number of carbonyl (C=O) groups is 3. The molecule has 3 aliphatic heterocycles. The van der Waals surface area contributed by atoms with E-state index in [0.717, 1.165) is 6.42 Å². The number of fused-ring (bicyclic) bond motifs is 1. The first-order valence-corrected chi connectivity index (χ1v) is 13.1. The van der Waals surface area contributed by atoms with E-state index < -0.39 is 28.7 Å². The Bertz CT molecular complexity index is 1030. The number of carbonyl (C=O) groups excluding carboxylic acids is 3. The first kappa shape index (κ1) is 25.8. The number of amides is 3. The third-order valence-electron chi connectivity index (χ3n) is 7.49. The van der Waals surface area contributed by atoms with Crippen LogP contribution in [-0.2, 0) is 14.4 Å². The maximum absolute atomic E-state index is 14.3. The molecule has 2 unspecified atom stereocenters. The second kappa shape index (κ2) is 9.99. The number of aliphatic hydroxyl groups is 1. The first-order valence-electron chi connectivity index (χ1n) is 11.9. The molecule has 3 fully saturated rings. The zero-order chi connectivity index (χ0) is 25.5. The second-order valence-electron chi connectivity index (χ2n) is 9.55. The molecule has 3 aliphatic rings. The van der Waals surface area contributed by atoms with Crippen LogP contribution in [0.15, 0.2) is 49.6 Å². The van der Waals surface area contributed by atoms with Crippen LogP contribution in [0.3, 0.4) is 0 Å². The van der Waals surface area contributed by atoms with Gasteiger partial charge >= 0.3 is 0 Å². The average molecular weight is 518 g/mol. The summed E-state index contributed by atoms with van der Waals surface area (Å²) in [7, 11) is 1.72. The summed E-state index contributed by atoms with van der Waals surface area (Å²) in [6, 6.07) is 5.62. The van der Waals surface area contributed by atoms with Crippen molar-refractivity contribution in [3.05, 3.63) is 54.6 Å². The van der Waals surface area contributed by atoms with Crippen molar-refractivity contribution in [3.8, 4) is 0 Å². The van der Waals surface area contributed by atoms with E-state index in [4.69, 9.17) is 11.6 Å². The highest BCUT2D eigenvalue weighted by Gasteiger charge is 2.74. The molecular formula is C26H32ClN3O4S. The summed E-state index contributed by atoms with van der Waals surface area (Å²) in [5.74, 6) is -1.65. The molecule has 7 nitrogen and oxygen atoms in total. The van der Waals surface area contributed by atoms with Gasteiger partial charge in [0.05, 0.1) is 29.2 Å². The van der Waals surface area contributed by atoms with Crippen LogP contribution in [0.2, 0.25) is 5.02 Å². The summed E-state index contributed by atoms with van der Waals surface area (Å²) in [6.07, 6.45) is 4.74. The first-order chi connectivity index (χ1) is 16.7. The van der Waals surface area contributed by atoms with Gasteiger partial charge in [-0.05, 0) is 44.0 Å². The second-order valence-corrected chi connectivity index (χ2v) is 11.6. The summed E-state index contributed by atoms with van der Waals surface area (Å²) >= 11 is 7.68. The Balaban J connectivity index is 1.78. The van der Waals surface area contributed by atoms with Crippen LogP contribution in [0, 0.1) is 11.8 Å². The Hall–Kier alpha value is -2.29. The Morgan fingerprint density at radius 1 is 1.26 bits per heavy atom. The predicted molar refractivity (Wildman–Crippen MR) is 139 cm³/mol. The van der Waals surface area contributed by atoms with Gasteiger partial charge in [-0.3, -0.25) is 14.4 Å². The van der Waals surface area contributed by atoms with E-state index in [-0.39, 0.29) is 36.1 Å². The van der Waals surface area contributed by atoms with Crippen molar-refractivity contribution in [1.29, 1.82) is 0 Å². The lowest BCUT2D eigenvalue weighted by molar-refractivity contribution is -0.144. The van der Waals surface area contributed by atoms with Gasteiger partial charge in [-0.1, -0.05) is 23.8 Å². The topological polar surface area (TPSA) is 81.2 Å². The average Bonchev–Trinajstić information content (AvgIpc) is 3.49. The molecule has 0 aliphatic carbocycles. The van der Waals surface area contributed by atoms with Gasteiger partial charge in [0.1, 0.15) is 6.04 Å². The minimum atomic E-state index is -0.796. The summed E-state index contributed by atoms with van der Waals surface area (Å²) in [4.78, 5) is 46.4. The number of hydrogen-bond acceptors (Lipinski definition) is 5. The largest absolute Gasteiger partial charge is 0.394 e. The fourth-order valence-electron chi connectivity index (χ4n) is 5.97. The molecule has 1 aromatic rings. The quantitative estimate of drug-likeness (QED) is 0.509. The number of hydrogen-bond donors (Lipinski definition) is 1. The van der Waals surface area contributed by atoms with Crippen LogP contribution in [0.5, 0.6) is 0 Å². The highest BCUT2D eigenvalue weighted by Crippen LogP contribution is 2.67. The Morgan fingerprint density at radius 3 is 2.51 bits per heavy atom. The van der Waals surface area contributed by atoms with Gasteiger partial charge in [0.25, 0.3) is 5.91 Å². The fourth-order valence-corrected chi connectivity index (χ4v) is 8.29. The number of nitrogens with zero attached hydrogens (tertiary/aromatic N) is 3. The number of likely N-dealkylation sites (N-methyl/N-ethyl adjacent to an activating group) is 1. The minimum Gasteiger partial charge on any atom is -0.394 e. The molecule has 3 saturated heterocycles. The summed E-state index contributed by atoms with van der Waals surface area (Å²) in [5, 5.41) is 10.6. The molecule has 0 radical (unpaired) electrons. The van der Waals surface area contributed by atoms with Crippen LogP contribution in [-0.4, -0.2) is 81.5 Å². The molecule has 6 atom stereocenters. The van der Waals surface area contributed by atoms with E-state index in [2.05, 4.69) is 13.2 Å². The lowest BCUT2D eigenvalue weighted by Gasteiger charge is -2.39. The number of aliphatic hydroxyl groups excluding tert-OH is 1. The molecule has 3 heterocycles. The SMILES string of the molecule is C=CCN(C)C(=O)[C@@H]1[C@@H]2CCC3(S2)C(C(=O)N(CC=C)c2ccc(Cl)cc2)N([C@H](C)CO)C(=O)[C@H]13. The smallest absolute Gasteiger partial charge is 0.251 e. The molecule has 1 N–H and O–H groups in total. The molecule has 1 spiro atoms. The zero-order valence-corrected chi connectivity index (χ0v) is 21.7. The van der Waals surface area contributed by atoms with Crippen LogP contribution < -0.4 is 4.90 Å². The van der Waals surface area contributed by atoms with Gasteiger partial charge in [-0.2, -0.15) is 0 Å². The molecule has 1 aromatic carbocycles. The van der Waals surface area contributed by atoms with Crippen molar-refractivity contribution in [2.75, 3.05) is 31.6 Å².